The third-order valence-electron chi connectivity index (χ3n) is 0. The van der Waals surface area contributed by atoms with Gasteiger partial charge in [-0.15, -0.1) is 0 Å². The summed E-state index contributed by atoms with van der Waals surface area (Å²) in [6.07, 6.45) is 0. The molecule has 0 aromatic heterocycles. The van der Waals surface area contributed by atoms with Crippen LogP contribution in [0.25, 0.3) is 0 Å². The molecule has 0 fully saturated rings. The molecule has 1 atom stereocenters. The molecule has 22 valence electrons. The molecule has 0 aliphatic carbocycles. The molecular formula is H9KMgNP. The molecule has 0 bridgehead atoms. The second-order valence-corrected chi connectivity index (χ2v) is 0. The quantitative estimate of drug-likeness (QED) is 0.309. The minimum atomic E-state index is 0. The first-order valence-corrected chi connectivity index (χ1v) is 0. The molecule has 1 nitrogen and oxygen atoms in total. The van der Waals surface area contributed by atoms with Crippen molar-refractivity contribution >= 4 is 84.3 Å². The van der Waals surface area contributed by atoms with E-state index in [0.29, 0.717) is 0 Å². The summed E-state index contributed by atoms with van der Waals surface area (Å²) in [5.74, 6) is 0. The van der Waals surface area contributed by atoms with E-state index in [-0.39, 0.29) is 90.5 Å². The van der Waals surface area contributed by atoms with Crippen LogP contribution in [-0.4, -0.2) is 74.4 Å². The van der Waals surface area contributed by atoms with Gasteiger partial charge in [0.1, 0.15) is 0 Å². The van der Waals surface area contributed by atoms with Crippen molar-refractivity contribution in [3.63, 3.8) is 0 Å². The standard InChI is InChI=1S/K.Mg.H3N.H3P.3H/h;;2*1H3;;;. The van der Waals surface area contributed by atoms with Crippen molar-refractivity contribution in [1.82, 2.24) is 6.15 Å². The molecule has 0 aromatic rings. The van der Waals surface area contributed by atoms with E-state index in [1.807, 2.05) is 0 Å². The van der Waals surface area contributed by atoms with Gasteiger partial charge in [-0.05, 0) is 0 Å². The summed E-state index contributed by atoms with van der Waals surface area (Å²) in [5.41, 5.74) is 0. The first-order chi connectivity index (χ1) is 0. The van der Waals surface area contributed by atoms with Gasteiger partial charge in [0.2, 0.25) is 0 Å². The molecule has 4 heteroatoms. The second kappa shape index (κ2) is 17.1. The second-order valence-electron chi connectivity index (χ2n) is 0. The van der Waals surface area contributed by atoms with E-state index in [1.54, 1.807) is 0 Å². The van der Waals surface area contributed by atoms with Crippen LogP contribution in [-0.2, 0) is 0 Å². The topological polar surface area (TPSA) is 35.0 Å². The van der Waals surface area contributed by atoms with E-state index in [4.69, 9.17) is 0 Å². The molecule has 0 aromatic carbocycles. The average molecular weight is 117 g/mol. The predicted molar refractivity (Wildman–Crippen MR) is 31.8 cm³/mol. The SMILES string of the molecule is N.P.[KH].[MgH2]. The first-order valence-electron chi connectivity index (χ1n) is 0. The van der Waals surface area contributed by atoms with Gasteiger partial charge in [0.25, 0.3) is 0 Å². The molecule has 0 saturated heterocycles. The molecule has 1 unspecified atom stereocenters. The van der Waals surface area contributed by atoms with Gasteiger partial charge < -0.3 is 6.15 Å². The number of hydrogen-bond donors (Lipinski definition) is 1. The van der Waals surface area contributed by atoms with Gasteiger partial charge >= 0.3 is 74.4 Å². The summed E-state index contributed by atoms with van der Waals surface area (Å²) in [4.78, 5) is 0. The fourth-order valence-electron chi connectivity index (χ4n) is 0. The number of rotatable bonds is 0. The van der Waals surface area contributed by atoms with Crippen molar-refractivity contribution in [2.45, 2.75) is 0 Å². The minimum absolute atomic E-state index is 0. The van der Waals surface area contributed by atoms with E-state index in [2.05, 4.69) is 0 Å². The zero-order valence-electron chi connectivity index (χ0n) is 1.41. The minimum Gasteiger partial charge on any atom is 0.316 e. The molecule has 0 saturated carbocycles. The van der Waals surface area contributed by atoms with Crippen LogP contribution in [0.15, 0.2) is 0 Å². The van der Waals surface area contributed by atoms with E-state index in [1.165, 1.54) is 0 Å². The van der Waals surface area contributed by atoms with E-state index in [0.717, 1.165) is 0 Å². The van der Waals surface area contributed by atoms with Crippen molar-refractivity contribution in [1.29, 1.82) is 0 Å². The fraction of sp³-hybridized carbons (Fsp3) is 0. The Labute approximate surface area is 88.4 Å². The van der Waals surface area contributed by atoms with Gasteiger partial charge in [-0.3, -0.25) is 0 Å². The first kappa shape index (κ1) is 29.2. The van der Waals surface area contributed by atoms with Gasteiger partial charge in [0.15, 0.2) is 0 Å². The fourth-order valence-corrected chi connectivity index (χ4v) is 0. The van der Waals surface area contributed by atoms with Gasteiger partial charge in [0.05, 0.1) is 0 Å². The molecule has 4 heavy (non-hydrogen) atoms. The van der Waals surface area contributed by atoms with Crippen molar-refractivity contribution in [3.05, 3.63) is 0 Å². The molecule has 0 spiro atoms. The van der Waals surface area contributed by atoms with E-state index in [9.17, 15) is 0 Å². The third-order valence-corrected chi connectivity index (χ3v) is 0. The average Bonchev–Trinajstić information content (AvgIpc) is 0. The number of hydrogen-bond acceptors (Lipinski definition) is 1. The van der Waals surface area contributed by atoms with Crippen LogP contribution < -0.4 is 6.15 Å². The van der Waals surface area contributed by atoms with E-state index < -0.39 is 0 Å². The summed E-state index contributed by atoms with van der Waals surface area (Å²) in [6.45, 7) is 0. The van der Waals surface area contributed by atoms with Crippen LogP contribution in [0.2, 0.25) is 0 Å². The Morgan fingerprint density at radius 1 is 1.00 bits per heavy atom. The Morgan fingerprint density at radius 2 is 1.00 bits per heavy atom. The molecular weight excluding hydrogens is 108 g/mol. The molecule has 0 amide bonds. The van der Waals surface area contributed by atoms with Crippen LogP contribution >= 0.6 is 9.90 Å². The van der Waals surface area contributed by atoms with Crippen LogP contribution in [0.3, 0.4) is 0 Å². The van der Waals surface area contributed by atoms with Crippen LogP contribution in [0.4, 0.5) is 0 Å². The molecule has 0 radical (unpaired) electrons. The van der Waals surface area contributed by atoms with E-state index >= 15 is 0 Å². The Kier molecular flexibility index (Phi) is 125. The maximum atomic E-state index is 0. The summed E-state index contributed by atoms with van der Waals surface area (Å²) >= 11 is 0. The molecule has 0 heterocycles. The molecule has 3 N–H and O–H groups in total. The summed E-state index contributed by atoms with van der Waals surface area (Å²) in [6, 6.07) is 0. The molecule has 0 aliphatic rings. The Bertz CT molecular complexity index is 8.00. The predicted octanol–water partition coefficient (Wildman–Crippen LogP) is -1.34. The van der Waals surface area contributed by atoms with Gasteiger partial charge in [-0.25, -0.2) is 0 Å². The Balaban J connectivity index is 0. The normalized spacial score (nSPS) is 0. The zero-order chi connectivity index (χ0) is 0. The summed E-state index contributed by atoms with van der Waals surface area (Å²) < 4.78 is 0. The maximum Gasteiger partial charge on any atom is 0.316 e. The molecule has 0 rings (SSSR count). The van der Waals surface area contributed by atoms with Crippen LogP contribution in [0.5, 0.6) is 0 Å². The van der Waals surface area contributed by atoms with Gasteiger partial charge in [-0.2, -0.15) is 9.90 Å². The summed E-state index contributed by atoms with van der Waals surface area (Å²) in [7, 11) is 0. The van der Waals surface area contributed by atoms with Crippen molar-refractivity contribution in [2.24, 2.45) is 0 Å². The zero-order valence-corrected chi connectivity index (χ0v) is 2.83. The Morgan fingerprint density at radius 3 is 1.00 bits per heavy atom. The van der Waals surface area contributed by atoms with Crippen LogP contribution in [0, 0.1) is 0 Å². The third kappa shape index (κ3) is 8.84. The van der Waals surface area contributed by atoms with Crippen molar-refractivity contribution in [3.8, 4) is 0 Å². The summed E-state index contributed by atoms with van der Waals surface area (Å²) in [5, 5.41) is 0. The smallest absolute Gasteiger partial charge is 0.316 e. The van der Waals surface area contributed by atoms with Gasteiger partial charge in [0, 0.05) is 0 Å². The Hall–Kier alpha value is 2.79. The van der Waals surface area contributed by atoms with Crippen LogP contribution in [0.1, 0.15) is 0 Å². The van der Waals surface area contributed by atoms with Crippen molar-refractivity contribution < 1.29 is 0 Å². The van der Waals surface area contributed by atoms with Gasteiger partial charge in [-0.1, -0.05) is 0 Å². The monoisotopic (exact) mass is 117 g/mol. The van der Waals surface area contributed by atoms with Crippen molar-refractivity contribution in [2.75, 3.05) is 0 Å². The largest absolute Gasteiger partial charge is 0.316 e. The maximum absolute atomic E-state index is 0. The molecule has 0 aliphatic heterocycles.